The van der Waals surface area contributed by atoms with Gasteiger partial charge < -0.3 is 14.2 Å². The number of nitro benzene ring substituents is 2. The number of carbonyl (C=O) groups excluding carboxylic acids is 1. The Morgan fingerprint density at radius 3 is 2.53 bits per heavy atom. The summed E-state index contributed by atoms with van der Waals surface area (Å²) < 4.78 is 15.6. The lowest BCUT2D eigenvalue weighted by molar-refractivity contribution is -0.393. The van der Waals surface area contributed by atoms with E-state index in [1.165, 1.54) is 7.11 Å². The van der Waals surface area contributed by atoms with E-state index in [4.69, 9.17) is 14.2 Å². The topological polar surface area (TPSA) is 155 Å². The zero-order valence-corrected chi connectivity index (χ0v) is 16.0. The van der Waals surface area contributed by atoms with Gasteiger partial charge in [0.2, 0.25) is 6.10 Å². The number of non-ortho nitro benzene ring substituents is 1. The number of benzene rings is 2. The Kier molecular flexibility index (Phi) is 7.62. The van der Waals surface area contributed by atoms with Crippen LogP contribution in [0.3, 0.4) is 0 Å². The van der Waals surface area contributed by atoms with E-state index in [9.17, 15) is 25.0 Å². The number of methoxy groups -OCH3 is 1. The average molecular weight is 418 g/mol. The van der Waals surface area contributed by atoms with Crippen molar-refractivity contribution < 1.29 is 28.9 Å². The van der Waals surface area contributed by atoms with Crippen molar-refractivity contribution in [3.05, 3.63) is 62.7 Å². The van der Waals surface area contributed by atoms with E-state index in [0.29, 0.717) is 11.5 Å². The molecule has 2 aromatic rings. The van der Waals surface area contributed by atoms with Gasteiger partial charge in [-0.2, -0.15) is 5.10 Å². The maximum absolute atomic E-state index is 12.2. The van der Waals surface area contributed by atoms with Gasteiger partial charge in [-0.1, -0.05) is 6.07 Å². The highest BCUT2D eigenvalue weighted by molar-refractivity contribution is 5.93. The van der Waals surface area contributed by atoms with Gasteiger partial charge in [-0.25, -0.2) is 4.79 Å². The number of nitro groups is 2. The average Bonchev–Trinajstić information content (AvgIpc) is 2.73. The van der Waals surface area contributed by atoms with Crippen LogP contribution in [-0.2, 0) is 9.53 Å². The fourth-order valence-corrected chi connectivity index (χ4v) is 2.24. The lowest BCUT2D eigenvalue weighted by atomic mass is 10.2. The largest absolute Gasteiger partial charge is 0.497 e. The molecular weight excluding hydrogens is 400 g/mol. The molecule has 0 aromatic heterocycles. The zero-order valence-electron chi connectivity index (χ0n) is 16.0. The highest BCUT2D eigenvalue weighted by Crippen LogP contribution is 2.29. The van der Waals surface area contributed by atoms with Crippen molar-refractivity contribution in [2.24, 2.45) is 5.10 Å². The monoisotopic (exact) mass is 418 g/mol. The molecule has 2 aromatic carbocycles. The third kappa shape index (κ3) is 5.89. The first-order valence-corrected chi connectivity index (χ1v) is 8.55. The standard InChI is InChI=1S/C18H18N4O8/c1-3-29-18(23)17(30-14-6-4-5-13(10-14)28-2)11-19-20-15-8-7-12(21(24)25)9-16(15)22(26)27/h4-11,17,20H,3H2,1-2H3/b19-11-/t17-/m1/s1. The fourth-order valence-electron chi connectivity index (χ4n) is 2.24. The van der Waals surface area contributed by atoms with Crippen LogP contribution in [0, 0.1) is 20.2 Å². The number of anilines is 1. The molecule has 30 heavy (non-hydrogen) atoms. The Hall–Kier alpha value is -4.22. The lowest BCUT2D eigenvalue weighted by Crippen LogP contribution is -2.31. The number of carbonyl (C=O) groups is 1. The number of rotatable bonds is 10. The number of nitrogens with one attached hydrogen (secondary N) is 1. The van der Waals surface area contributed by atoms with Gasteiger partial charge in [-0.05, 0) is 25.1 Å². The molecule has 0 amide bonds. The molecule has 0 radical (unpaired) electrons. The minimum absolute atomic E-state index is 0.103. The molecule has 0 saturated heterocycles. The number of ether oxygens (including phenoxy) is 3. The molecule has 1 atom stereocenters. The van der Waals surface area contributed by atoms with Crippen LogP contribution >= 0.6 is 0 Å². The number of nitrogens with zero attached hydrogens (tertiary/aromatic N) is 3. The number of hydrogen-bond acceptors (Lipinski definition) is 10. The first kappa shape index (κ1) is 22.1. The summed E-state index contributed by atoms with van der Waals surface area (Å²) in [5.74, 6) is 0.0796. The maximum atomic E-state index is 12.2. The van der Waals surface area contributed by atoms with Gasteiger partial charge in [0, 0.05) is 12.1 Å². The summed E-state index contributed by atoms with van der Waals surface area (Å²) in [5.41, 5.74) is 1.29. The van der Waals surface area contributed by atoms with Crippen molar-refractivity contribution in [1.29, 1.82) is 0 Å². The van der Waals surface area contributed by atoms with Crippen molar-refractivity contribution in [1.82, 2.24) is 0 Å². The molecule has 0 aliphatic rings. The molecular formula is C18H18N4O8. The van der Waals surface area contributed by atoms with Gasteiger partial charge in [0.25, 0.3) is 5.69 Å². The van der Waals surface area contributed by atoms with Gasteiger partial charge in [-0.15, -0.1) is 0 Å². The summed E-state index contributed by atoms with van der Waals surface area (Å²) >= 11 is 0. The molecule has 0 aliphatic carbocycles. The highest BCUT2D eigenvalue weighted by atomic mass is 16.6. The lowest BCUT2D eigenvalue weighted by Gasteiger charge is -2.14. The first-order valence-electron chi connectivity index (χ1n) is 8.55. The Labute approximate surface area is 170 Å². The van der Waals surface area contributed by atoms with Crippen molar-refractivity contribution in [3.63, 3.8) is 0 Å². The molecule has 0 spiro atoms. The minimum atomic E-state index is -1.26. The highest BCUT2D eigenvalue weighted by Gasteiger charge is 2.22. The van der Waals surface area contributed by atoms with Crippen molar-refractivity contribution in [2.45, 2.75) is 13.0 Å². The quantitative estimate of drug-likeness (QED) is 0.265. The van der Waals surface area contributed by atoms with Crippen molar-refractivity contribution >= 4 is 29.2 Å². The molecule has 0 heterocycles. The molecule has 0 bridgehead atoms. The molecule has 12 nitrogen and oxygen atoms in total. The molecule has 1 N–H and O–H groups in total. The Morgan fingerprint density at radius 1 is 1.17 bits per heavy atom. The van der Waals surface area contributed by atoms with Crippen LogP contribution in [0.1, 0.15) is 6.92 Å². The second kappa shape index (κ2) is 10.4. The normalized spacial score (nSPS) is 11.5. The van der Waals surface area contributed by atoms with Crippen LogP contribution in [0.4, 0.5) is 17.1 Å². The van der Waals surface area contributed by atoms with Gasteiger partial charge in [0.15, 0.2) is 0 Å². The fraction of sp³-hybridized carbons (Fsp3) is 0.222. The van der Waals surface area contributed by atoms with Gasteiger partial charge in [0.1, 0.15) is 17.2 Å². The second-order valence-corrected chi connectivity index (χ2v) is 5.58. The predicted octanol–water partition coefficient (Wildman–Crippen LogP) is 2.92. The first-order chi connectivity index (χ1) is 14.3. The van der Waals surface area contributed by atoms with Crippen LogP contribution in [0.15, 0.2) is 47.6 Å². The third-order valence-corrected chi connectivity index (χ3v) is 3.61. The van der Waals surface area contributed by atoms with Crippen LogP contribution < -0.4 is 14.9 Å². The maximum Gasteiger partial charge on any atom is 0.353 e. The van der Waals surface area contributed by atoms with Gasteiger partial charge in [0.05, 0.1) is 35.8 Å². The van der Waals surface area contributed by atoms with Crippen molar-refractivity contribution in [2.75, 3.05) is 19.1 Å². The van der Waals surface area contributed by atoms with Crippen LogP contribution in [0.25, 0.3) is 0 Å². The molecule has 0 saturated carbocycles. The van der Waals surface area contributed by atoms with E-state index >= 15 is 0 Å². The smallest absolute Gasteiger partial charge is 0.353 e. The molecule has 2 rings (SSSR count). The van der Waals surface area contributed by atoms with E-state index in [-0.39, 0.29) is 12.3 Å². The van der Waals surface area contributed by atoms with Crippen molar-refractivity contribution in [3.8, 4) is 11.5 Å². The minimum Gasteiger partial charge on any atom is -0.497 e. The number of esters is 1. The Bertz CT molecular complexity index is 963. The van der Waals surface area contributed by atoms with Crippen LogP contribution in [0.2, 0.25) is 0 Å². The van der Waals surface area contributed by atoms with E-state index in [1.807, 2.05) is 0 Å². The molecule has 0 aliphatic heterocycles. The summed E-state index contributed by atoms with van der Waals surface area (Å²) in [6, 6.07) is 9.51. The zero-order chi connectivity index (χ0) is 22.1. The van der Waals surface area contributed by atoms with E-state index in [2.05, 4.69) is 10.5 Å². The predicted molar refractivity (Wildman–Crippen MR) is 106 cm³/mol. The number of hydrogen-bond donors (Lipinski definition) is 1. The second-order valence-electron chi connectivity index (χ2n) is 5.58. The summed E-state index contributed by atoms with van der Waals surface area (Å²) in [4.78, 5) is 32.6. The summed E-state index contributed by atoms with van der Waals surface area (Å²) in [7, 11) is 1.48. The van der Waals surface area contributed by atoms with Crippen LogP contribution in [0.5, 0.6) is 11.5 Å². The molecule has 12 heteroatoms. The van der Waals surface area contributed by atoms with E-state index in [1.54, 1.807) is 31.2 Å². The van der Waals surface area contributed by atoms with Gasteiger partial charge >= 0.3 is 11.7 Å². The number of hydrazone groups is 1. The summed E-state index contributed by atoms with van der Waals surface area (Å²) in [6.45, 7) is 1.72. The summed E-state index contributed by atoms with van der Waals surface area (Å²) in [5, 5.41) is 25.8. The Morgan fingerprint density at radius 2 is 1.90 bits per heavy atom. The summed E-state index contributed by atoms with van der Waals surface area (Å²) in [6.07, 6.45) is -0.204. The van der Waals surface area contributed by atoms with Gasteiger partial charge in [-0.3, -0.25) is 25.7 Å². The SMILES string of the molecule is CCOC(=O)[C@@H](/C=N\Nc1ccc([N+](=O)[O-])cc1[N+](=O)[O-])Oc1cccc(OC)c1. The molecule has 0 unspecified atom stereocenters. The third-order valence-electron chi connectivity index (χ3n) is 3.61. The van der Waals surface area contributed by atoms with Crippen LogP contribution in [-0.4, -0.2) is 41.9 Å². The molecule has 158 valence electrons. The Balaban J connectivity index is 2.22. The van der Waals surface area contributed by atoms with E-state index < -0.39 is 33.3 Å². The molecule has 0 fully saturated rings. The van der Waals surface area contributed by atoms with E-state index in [0.717, 1.165) is 24.4 Å².